The number of hydrogen-bond acceptors (Lipinski definition) is 4. The van der Waals surface area contributed by atoms with Crippen molar-refractivity contribution in [3.63, 3.8) is 0 Å². The highest BCUT2D eigenvalue weighted by Gasteiger charge is 2.34. The number of rotatable bonds is 7. The summed E-state index contributed by atoms with van der Waals surface area (Å²) in [7, 11) is 0. The Morgan fingerprint density at radius 3 is 2.09 bits per heavy atom. The van der Waals surface area contributed by atoms with Crippen molar-refractivity contribution in [2.24, 2.45) is 0 Å². The SMILES string of the molecule is CC(C)(CCCCCN1C(=O)c2ccccc2C1=O)[N+](=O)[O-]. The van der Waals surface area contributed by atoms with Crippen LogP contribution in [-0.4, -0.2) is 33.7 Å². The molecule has 1 aromatic rings. The molecule has 0 aliphatic carbocycles. The largest absolute Gasteiger partial charge is 0.274 e. The first kappa shape index (κ1) is 16.1. The molecule has 0 radical (unpaired) electrons. The van der Waals surface area contributed by atoms with E-state index < -0.39 is 5.54 Å². The Hall–Kier alpha value is -2.24. The number of unbranched alkanes of at least 4 members (excludes halogenated alkanes) is 2. The summed E-state index contributed by atoms with van der Waals surface area (Å²) < 4.78 is 0. The van der Waals surface area contributed by atoms with E-state index in [2.05, 4.69) is 0 Å². The van der Waals surface area contributed by atoms with Gasteiger partial charge in [0.25, 0.3) is 11.8 Å². The fourth-order valence-electron chi connectivity index (χ4n) is 2.54. The van der Waals surface area contributed by atoms with E-state index in [-0.39, 0.29) is 16.7 Å². The van der Waals surface area contributed by atoms with Crippen LogP contribution in [0.4, 0.5) is 0 Å². The van der Waals surface area contributed by atoms with E-state index in [9.17, 15) is 19.7 Å². The molecule has 0 saturated heterocycles. The summed E-state index contributed by atoms with van der Waals surface area (Å²) in [5.74, 6) is -0.488. The highest BCUT2D eigenvalue weighted by atomic mass is 16.6. The summed E-state index contributed by atoms with van der Waals surface area (Å²) in [6.07, 6.45) is 2.61. The van der Waals surface area contributed by atoms with Crippen LogP contribution in [0.25, 0.3) is 0 Å². The summed E-state index contributed by atoms with van der Waals surface area (Å²) in [6, 6.07) is 6.81. The van der Waals surface area contributed by atoms with Gasteiger partial charge in [0.15, 0.2) is 0 Å². The van der Waals surface area contributed by atoms with Gasteiger partial charge in [-0.25, -0.2) is 0 Å². The lowest BCUT2D eigenvalue weighted by atomic mass is 9.97. The maximum Gasteiger partial charge on any atom is 0.261 e. The third kappa shape index (κ3) is 3.16. The normalized spacial score (nSPS) is 14.4. The quantitative estimate of drug-likeness (QED) is 0.336. The molecular formula is C16H20N2O4. The number of nitro groups is 1. The van der Waals surface area contributed by atoms with Crippen molar-refractivity contribution in [2.75, 3.05) is 6.54 Å². The van der Waals surface area contributed by atoms with Crippen LogP contribution >= 0.6 is 0 Å². The minimum atomic E-state index is -0.921. The van der Waals surface area contributed by atoms with Crippen molar-refractivity contribution in [3.05, 3.63) is 45.5 Å². The van der Waals surface area contributed by atoms with Gasteiger partial charge in [-0.15, -0.1) is 0 Å². The lowest BCUT2D eigenvalue weighted by Gasteiger charge is -2.16. The number of imide groups is 1. The van der Waals surface area contributed by atoms with Crippen molar-refractivity contribution in [1.82, 2.24) is 4.90 Å². The molecule has 0 spiro atoms. The van der Waals surface area contributed by atoms with Crippen molar-refractivity contribution in [3.8, 4) is 0 Å². The van der Waals surface area contributed by atoms with Crippen molar-refractivity contribution in [1.29, 1.82) is 0 Å². The van der Waals surface area contributed by atoms with E-state index in [1.807, 2.05) is 0 Å². The van der Waals surface area contributed by atoms with Gasteiger partial charge >= 0.3 is 0 Å². The molecule has 6 nitrogen and oxygen atoms in total. The summed E-state index contributed by atoms with van der Waals surface area (Å²) in [5, 5.41) is 10.8. The Morgan fingerprint density at radius 2 is 1.59 bits per heavy atom. The van der Waals surface area contributed by atoms with Crippen molar-refractivity contribution >= 4 is 11.8 Å². The fourth-order valence-corrected chi connectivity index (χ4v) is 2.54. The predicted octanol–water partition coefficient (Wildman–Crippen LogP) is 2.90. The molecule has 0 bridgehead atoms. The minimum Gasteiger partial charge on any atom is -0.274 e. The Kier molecular flexibility index (Phi) is 4.59. The van der Waals surface area contributed by atoms with Gasteiger partial charge in [0, 0.05) is 31.7 Å². The molecule has 0 unspecified atom stereocenters. The van der Waals surface area contributed by atoms with Crippen LogP contribution in [0.3, 0.4) is 0 Å². The molecule has 1 aromatic carbocycles. The number of fused-ring (bicyclic) bond motifs is 1. The van der Waals surface area contributed by atoms with Crippen molar-refractivity contribution in [2.45, 2.75) is 45.1 Å². The van der Waals surface area contributed by atoms with Gasteiger partial charge in [-0.05, 0) is 25.0 Å². The van der Waals surface area contributed by atoms with Gasteiger partial charge in [-0.2, -0.15) is 0 Å². The molecule has 22 heavy (non-hydrogen) atoms. The Morgan fingerprint density at radius 1 is 1.05 bits per heavy atom. The molecule has 2 rings (SSSR count). The van der Waals surface area contributed by atoms with E-state index in [1.54, 1.807) is 38.1 Å². The van der Waals surface area contributed by atoms with Gasteiger partial charge in [-0.1, -0.05) is 18.6 Å². The smallest absolute Gasteiger partial charge is 0.261 e. The fraction of sp³-hybridized carbons (Fsp3) is 0.500. The van der Waals surface area contributed by atoms with Gasteiger partial charge in [-0.3, -0.25) is 24.6 Å². The van der Waals surface area contributed by atoms with Crippen molar-refractivity contribution < 1.29 is 14.5 Å². The molecule has 0 aromatic heterocycles. The second-order valence-corrected chi connectivity index (χ2v) is 6.19. The second-order valence-electron chi connectivity index (χ2n) is 6.19. The minimum absolute atomic E-state index is 0.244. The third-order valence-corrected chi connectivity index (χ3v) is 4.04. The molecule has 1 aliphatic rings. The summed E-state index contributed by atoms with van der Waals surface area (Å²) >= 11 is 0. The number of nitrogens with zero attached hydrogens (tertiary/aromatic N) is 2. The molecule has 2 amide bonds. The zero-order valence-corrected chi connectivity index (χ0v) is 12.9. The summed E-state index contributed by atoms with van der Waals surface area (Å²) in [5.41, 5.74) is -0.000770. The third-order valence-electron chi connectivity index (χ3n) is 4.04. The number of benzene rings is 1. The van der Waals surface area contributed by atoms with Gasteiger partial charge in [0.05, 0.1) is 11.1 Å². The van der Waals surface area contributed by atoms with E-state index in [4.69, 9.17) is 0 Å². The second kappa shape index (κ2) is 6.25. The zero-order chi connectivity index (χ0) is 16.3. The van der Waals surface area contributed by atoms with Crippen LogP contribution < -0.4 is 0 Å². The van der Waals surface area contributed by atoms with E-state index >= 15 is 0 Å². The lowest BCUT2D eigenvalue weighted by molar-refractivity contribution is -0.561. The van der Waals surface area contributed by atoms with Gasteiger partial charge in [0.2, 0.25) is 5.54 Å². The van der Waals surface area contributed by atoms with Crippen LogP contribution in [-0.2, 0) is 0 Å². The lowest BCUT2D eigenvalue weighted by Crippen LogP contribution is -2.31. The molecule has 118 valence electrons. The van der Waals surface area contributed by atoms with Gasteiger partial charge in [0.1, 0.15) is 0 Å². The Bertz CT molecular complexity index is 575. The first-order valence-electron chi connectivity index (χ1n) is 7.44. The van der Waals surface area contributed by atoms with E-state index in [0.717, 1.165) is 6.42 Å². The maximum atomic E-state index is 12.1. The van der Waals surface area contributed by atoms with Crippen LogP contribution in [0.5, 0.6) is 0 Å². The molecule has 0 fully saturated rings. The topological polar surface area (TPSA) is 80.5 Å². The standard InChI is InChI=1S/C16H20N2O4/c1-16(2,18(21)22)10-6-3-7-11-17-14(19)12-8-4-5-9-13(12)15(17)20/h4-5,8-9H,3,6-7,10-11H2,1-2H3. The van der Waals surface area contributed by atoms with Gasteiger partial charge < -0.3 is 0 Å². The summed E-state index contributed by atoms with van der Waals surface area (Å²) in [4.78, 5) is 36.1. The molecule has 1 heterocycles. The molecule has 0 saturated carbocycles. The summed E-state index contributed by atoms with van der Waals surface area (Å²) in [6.45, 7) is 3.58. The predicted molar refractivity (Wildman–Crippen MR) is 81.4 cm³/mol. The van der Waals surface area contributed by atoms with Crippen LogP contribution in [0, 0.1) is 10.1 Å². The van der Waals surface area contributed by atoms with E-state index in [1.165, 1.54) is 4.90 Å². The molecule has 6 heteroatoms. The number of carbonyl (C=O) groups is 2. The average Bonchev–Trinajstić information content (AvgIpc) is 2.72. The molecule has 1 aliphatic heterocycles. The first-order valence-corrected chi connectivity index (χ1v) is 7.44. The average molecular weight is 304 g/mol. The number of hydrogen-bond donors (Lipinski definition) is 0. The molecular weight excluding hydrogens is 284 g/mol. The first-order chi connectivity index (χ1) is 10.3. The Labute approximate surface area is 129 Å². The molecule has 0 atom stereocenters. The molecule has 0 N–H and O–H groups in total. The van der Waals surface area contributed by atoms with Crippen LogP contribution in [0.2, 0.25) is 0 Å². The number of carbonyl (C=O) groups excluding carboxylic acids is 2. The van der Waals surface area contributed by atoms with E-state index in [0.29, 0.717) is 36.9 Å². The number of amides is 2. The van der Waals surface area contributed by atoms with Crippen LogP contribution in [0.1, 0.15) is 60.2 Å². The zero-order valence-electron chi connectivity index (χ0n) is 12.9. The monoisotopic (exact) mass is 304 g/mol. The van der Waals surface area contributed by atoms with Crippen LogP contribution in [0.15, 0.2) is 24.3 Å². The highest BCUT2D eigenvalue weighted by molar-refractivity contribution is 6.21. The highest BCUT2D eigenvalue weighted by Crippen LogP contribution is 2.23. The Balaban J connectivity index is 1.81. The maximum absolute atomic E-state index is 12.1.